The number of aliphatic hydroxyl groups is 4. The predicted molar refractivity (Wildman–Crippen MR) is 95.0 cm³/mol. The SMILES string of the molecule is CCCCC(=O)OC[C@H](CO[C@@H]1O[C@H](CO)[C@H](O)[C@H](O)[C@H]1O)OC(=O)CCC. The van der Waals surface area contributed by atoms with E-state index in [4.69, 9.17) is 18.9 Å². The maximum Gasteiger partial charge on any atom is 0.306 e. The lowest BCUT2D eigenvalue weighted by atomic mass is 9.99. The quantitative estimate of drug-likeness (QED) is 0.303. The molecule has 0 aromatic carbocycles. The highest BCUT2D eigenvalue weighted by Crippen LogP contribution is 2.22. The number of carbonyl (C=O) groups is 2. The van der Waals surface area contributed by atoms with Crippen LogP contribution in [0.4, 0.5) is 0 Å². The highest BCUT2D eigenvalue weighted by Gasteiger charge is 2.44. The van der Waals surface area contributed by atoms with Crippen molar-refractivity contribution in [3.8, 4) is 0 Å². The van der Waals surface area contributed by atoms with Gasteiger partial charge in [-0.2, -0.15) is 0 Å². The summed E-state index contributed by atoms with van der Waals surface area (Å²) in [5.41, 5.74) is 0. The van der Waals surface area contributed by atoms with Crippen molar-refractivity contribution in [2.75, 3.05) is 19.8 Å². The second-order valence-electron chi connectivity index (χ2n) is 6.68. The number of hydrogen-bond donors (Lipinski definition) is 4. The van der Waals surface area contributed by atoms with E-state index in [1.807, 2.05) is 13.8 Å². The first-order valence-corrected chi connectivity index (χ1v) is 9.61. The second kappa shape index (κ2) is 13.0. The fraction of sp³-hybridized carbons (Fsp3) is 0.889. The maximum absolute atomic E-state index is 11.8. The van der Waals surface area contributed by atoms with Gasteiger partial charge in [-0.1, -0.05) is 20.3 Å². The molecule has 0 aromatic rings. The average molecular weight is 408 g/mol. The van der Waals surface area contributed by atoms with Gasteiger partial charge in [-0.05, 0) is 12.8 Å². The van der Waals surface area contributed by atoms with E-state index in [0.717, 1.165) is 6.42 Å². The lowest BCUT2D eigenvalue weighted by molar-refractivity contribution is -0.305. The number of ether oxygens (including phenoxy) is 4. The van der Waals surface area contributed by atoms with Crippen LogP contribution in [0.15, 0.2) is 0 Å². The van der Waals surface area contributed by atoms with Crippen LogP contribution in [0.5, 0.6) is 0 Å². The van der Waals surface area contributed by atoms with Gasteiger partial charge >= 0.3 is 11.9 Å². The zero-order valence-electron chi connectivity index (χ0n) is 16.4. The summed E-state index contributed by atoms with van der Waals surface area (Å²) < 4.78 is 20.9. The molecule has 1 aliphatic heterocycles. The van der Waals surface area contributed by atoms with Gasteiger partial charge in [0, 0.05) is 12.8 Å². The Morgan fingerprint density at radius 1 is 0.964 bits per heavy atom. The molecular formula is C18H32O10. The van der Waals surface area contributed by atoms with Crippen molar-refractivity contribution >= 4 is 11.9 Å². The smallest absolute Gasteiger partial charge is 0.306 e. The van der Waals surface area contributed by atoms with Crippen LogP contribution in [0.1, 0.15) is 46.0 Å². The van der Waals surface area contributed by atoms with Gasteiger partial charge < -0.3 is 39.4 Å². The Morgan fingerprint density at radius 2 is 1.68 bits per heavy atom. The van der Waals surface area contributed by atoms with Gasteiger partial charge in [-0.25, -0.2) is 0 Å². The summed E-state index contributed by atoms with van der Waals surface area (Å²) in [4.78, 5) is 23.5. The van der Waals surface area contributed by atoms with Gasteiger partial charge in [0.05, 0.1) is 13.2 Å². The second-order valence-corrected chi connectivity index (χ2v) is 6.68. The van der Waals surface area contributed by atoms with Gasteiger partial charge in [-0.3, -0.25) is 9.59 Å². The van der Waals surface area contributed by atoms with E-state index in [2.05, 4.69) is 0 Å². The predicted octanol–water partition coefficient (Wildman–Crippen LogP) is -0.752. The van der Waals surface area contributed by atoms with Gasteiger partial charge in [0.1, 0.15) is 31.0 Å². The van der Waals surface area contributed by atoms with Crippen LogP contribution < -0.4 is 0 Å². The molecule has 0 amide bonds. The molecule has 1 aliphatic rings. The fourth-order valence-corrected chi connectivity index (χ4v) is 2.55. The number of unbranched alkanes of at least 4 members (excludes halogenated alkanes) is 1. The number of aliphatic hydroxyl groups excluding tert-OH is 4. The van der Waals surface area contributed by atoms with Crippen LogP contribution >= 0.6 is 0 Å². The minimum absolute atomic E-state index is 0.181. The highest BCUT2D eigenvalue weighted by atomic mass is 16.7. The van der Waals surface area contributed by atoms with E-state index in [0.29, 0.717) is 12.8 Å². The van der Waals surface area contributed by atoms with Crippen molar-refractivity contribution in [3.05, 3.63) is 0 Å². The van der Waals surface area contributed by atoms with Crippen LogP contribution in [0.2, 0.25) is 0 Å². The molecule has 1 saturated heterocycles. The number of hydrogen-bond acceptors (Lipinski definition) is 10. The van der Waals surface area contributed by atoms with Gasteiger partial charge in [0.25, 0.3) is 0 Å². The number of esters is 2. The first-order valence-electron chi connectivity index (χ1n) is 9.61. The molecular weight excluding hydrogens is 376 g/mol. The minimum Gasteiger partial charge on any atom is -0.462 e. The zero-order chi connectivity index (χ0) is 21.1. The molecule has 10 heteroatoms. The first kappa shape index (κ1) is 24.7. The maximum atomic E-state index is 11.8. The van der Waals surface area contributed by atoms with E-state index in [1.165, 1.54) is 0 Å². The van der Waals surface area contributed by atoms with Crippen LogP contribution in [0, 0.1) is 0 Å². The molecule has 1 heterocycles. The molecule has 0 aromatic heterocycles. The normalized spacial score (nSPS) is 28.6. The van der Waals surface area contributed by atoms with Crippen molar-refractivity contribution in [2.24, 2.45) is 0 Å². The summed E-state index contributed by atoms with van der Waals surface area (Å²) in [6, 6.07) is 0. The topological polar surface area (TPSA) is 152 Å². The Labute approximate surface area is 164 Å². The molecule has 0 unspecified atom stereocenters. The average Bonchev–Trinajstić information content (AvgIpc) is 2.68. The van der Waals surface area contributed by atoms with E-state index < -0.39 is 55.4 Å². The van der Waals surface area contributed by atoms with Crippen molar-refractivity contribution in [3.63, 3.8) is 0 Å². The highest BCUT2D eigenvalue weighted by molar-refractivity contribution is 5.70. The molecule has 1 fully saturated rings. The molecule has 0 aliphatic carbocycles. The van der Waals surface area contributed by atoms with E-state index in [-0.39, 0.29) is 26.1 Å². The van der Waals surface area contributed by atoms with E-state index >= 15 is 0 Å². The summed E-state index contributed by atoms with van der Waals surface area (Å²) in [7, 11) is 0. The standard InChI is InChI=1S/C18H32O10/c1-3-5-7-13(20)25-9-11(27-14(21)6-4-2)10-26-18-17(24)16(23)15(22)12(8-19)28-18/h11-12,15-19,22-24H,3-10H2,1-2H3/t11-,12-,15+,16+,17-,18-/m1/s1. The Balaban J connectivity index is 2.63. The van der Waals surface area contributed by atoms with Crippen LogP contribution in [-0.4, -0.2) is 89.0 Å². The van der Waals surface area contributed by atoms with Gasteiger partial charge in [-0.15, -0.1) is 0 Å². The monoisotopic (exact) mass is 408 g/mol. The lowest BCUT2D eigenvalue weighted by Crippen LogP contribution is -2.59. The molecule has 28 heavy (non-hydrogen) atoms. The summed E-state index contributed by atoms with van der Waals surface area (Å²) in [6.45, 7) is 2.66. The Kier molecular flexibility index (Phi) is 11.5. The first-order chi connectivity index (χ1) is 13.3. The number of rotatable bonds is 12. The molecule has 10 nitrogen and oxygen atoms in total. The number of carbonyl (C=O) groups excluding carboxylic acids is 2. The summed E-state index contributed by atoms with van der Waals surface area (Å²) in [5.74, 6) is -0.916. The van der Waals surface area contributed by atoms with Crippen molar-refractivity contribution < 1.29 is 49.0 Å². The molecule has 164 valence electrons. The largest absolute Gasteiger partial charge is 0.462 e. The van der Waals surface area contributed by atoms with E-state index in [9.17, 15) is 30.0 Å². The fourth-order valence-electron chi connectivity index (χ4n) is 2.55. The summed E-state index contributed by atoms with van der Waals surface area (Å²) in [5, 5.41) is 38.7. The Hall–Kier alpha value is -1.30. The molecule has 6 atom stereocenters. The molecule has 4 N–H and O–H groups in total. The Morgan fingerprint density at radius 3 is 2.29 bits per heavy atom. The molecule has 1 rings (SSSR count). The summed E-state index contributed by atoms with van der Waals surface area (Å²) >= 11 is 0. The molecule has 0 spiro atoms. The lowest BCUT2D eigenvalue weighted by Gasteiger charge is -2.39. The molecule has 0 saturated carbocycles. The third-order valence-corrected chi connectivity index (χ3v) is 4.21. The third-order valence-electron chi connectivity index (χ3n) is 4.21. The zero-order valence-corrected chi connectivity index (χ0v) is 16.4. The van der Waals surface area contributed by atoms with Crippen molar-refractivity contribution in [1.82, 2.24) is 0 Å². The van der Waals surface area contributed by atoms with Crippen molar-refractivity contribution in [2.45, 2.75) is 82.8 Å². The third kappa shape index (κ3) is 7.98. The van der Waals surface area contributed by atoms with Crippen molar-refractivity contribution in [1.29, 1.82) is 0 Å². The van der Waals surface area contributed by atoms with Gasteiger partial charge in [0.2, 0.25) is 0 Å². The summed E-state index contributed by atoms with van der Waals surface area (Å²) in [6.07, 6.45) is -5.54. The van der Waals surface area contributed by atoms with E-state index in [1.54, 1.807) is 0 Å². The molecule has 0 bridgehead atoms. The van der Waals surface area contributed by atoms with Crippen LogP contribution in [0.3, 0.4) is 0 Å². The van der Waals surface area contributed by atoms with Crippen LogP contribution in [0.25, 0.3) is 0 Å². The Bertz CT molecular complexity index is 469. The van der Waals surface area contributed by atoms with Gasteiger partial charge in [0.15, 0.2) is 12.4 Å². The molecule has 0 radical (unpaired) electrons. The minimum atomic E-state index is -1.58. The van der Waals surface area contributed by atoms with Crippen LogP contribution in [-0.2, 0) is 28.5 Å².